The molecule has 0 aliphatic carbocycles. The highest BCUT2D eigenvalue weighted by Gasteiger charge is 2.17. The van der Waals surface area contributed by atoms with Gasteiger partial charge in [-0.25, -0.2) is 8.42 Å². The van der Waals surface area contributed by atoms with E-state index in [1.165, 1.54) is 10.6 Å². The van der Waals surface area contributed by atoms with Gasteiger partial charge in [-0.3, -0.25) is 9.10 Å². The van der Waals surface area contributed by atoms with Crippen LogP contribution in [0.1, 0.15) is 25.3 Å². The zero-order chi connectivity index (χ0) is 19.2. The Hall–Kier alpha value is -1.86. The average Bonchev–Trinajstić information content (AvgIpc) is 2.58. The van der Waals surface area contributed by atoms with Gasteiger partial charge >= 0.3 is 0 Å². The molecule has 0 radical (unpaired) electrons. The van der Waals surface area contributed by atoms with E-state index in [2.05, 4.69) is 21.2 Å². The number of carbonyl (C=O) groups excluding carboxylic acids is 1. The Balaban J connectivity index is 1.96. The number of carbonyl (C=O) groups is 1. The molecule has 5 nitrogen and oxygen atoms in total. The zero-order valence-electron chi connectivity index (χ0n) is 14.9. The first-order valence-electron chi connectivity index (χ1n) is 8.41. The maximum absolute atomic E-state index is 12.1. The topological polar surface area (TPSA) is 66.5 Å². The lowest BCUT2D eigenvalue weighted by Gasteiger charge is -2.22. The molecule has 0 bridgehead atoms. The summed E-state index contributed by atoms with van der Waals surface area (Å²) in [6, 6.07) is 14.8. The van der Waals surface area contributed by atoms with Crippen molar-refractivity contribution in [2.45, 2.75) is 26.2 Å². The van der Waals surface area contributed by atoms with Crippen molar-refractivity contribution in [1.29, 1.82) is 0 Å². The molecule has 2 rings (SSSR count). The zero-order valence-corrected chi connectivity index (χ0v) is 17.3. The number of anilines is 2. The summed E-state index contributed by atoms with van der Waals surface area (Å²) in [5.41, 5.74) is 2.48. The fraction of sp³-hybridized carbons (Fsp3) is 0.316. The highest BCUT2D eigenvalue weighted by molar-refractivity contribution is 9.10. The van der Waals surface area contributed by atoms with Crippen LogP contribution in [0.3, 0.4) is 0 Å². The molecule has 7 heteroatoms. The molecule has 0 saturated carbocycles. The van der Waals surface area contributed by atoms with Crippen LogP contribution in [0.2, 0.25) is 0 Å². The number of aryl methyl sites for hydroxylation is 1. The van der Waals surface area contributed by atoms with Gasteiger partial charge in [-0.15, -0.1) is 0 Å². The van der Waals surface area contributed by atoms with E-state index in [1.54, 1.807) is 18.2 Å². The summed E-state index contributed by atoms with van der Waals surface area (Å²) in [7, 11) is -3.40. The predicted molar refractivity (Wildman–Crippen MR) is 110 cm³/mol. The van der Waals surface area contributed by atoms with Crippen molar-refractivity contribution in [2.24, 2.45) is 0 Å². The normalized spacial score (nSPS) is 11.2. The van der Waals surface area contributed by atoms with Gasteiger partial charge in [0.05, 0.1) is 11.9 Å². The first-order valence-corrected chi connectivity index (χ1v) is 11.1. The molecule has 0 heterocycles. The molecule has 0 fully saturated rings. The van der Waals surface area contributed by atoms with Crippen molar-refractivity contribution < 1.29 is 13.2 Å². The summed E-state index contributed by atoms with van der Waals surface area (Å²) >= 11 is 3.36. The number of amides is 1. The van der Waals surface area contributed by atoms with Crippen molar-refractivity contribution in [2.75, 3.05) is 22.4 Å². The quantitative estimate of drug-likeness (QED) is 0.671. The lowest BCUT2D eigenvalue weighted by molar-refractivity contribution is -0.116. The number of hydrogen-bond acceptors (Lipinski definition) is 3. The van der Waals surface area contributed by atoms with Gasteiger partial charge in [0.2, 0.25) is 15.9 Å². The minimum Gasteiger partial charge on any atom is -0.326 e. The minimum atomic E-state index is -3.40. The Kier molecular flexibility index (Phi) is 7.23. The van der Waals surface area contributed by atoms with Gasteiger partial charge in [0.1, 0.15) is 0 Å². The lowest BCUT2D eigenvalue weighted by Crippen LogP contribution is -2.31. The molecule has 1 N–H and O–H groups in total. The molecule has 0 saturated heterocycles. The summed E-state index contributed by atoms with van der Waals surface area (Å²) in [4.78, 5) is 12.1. The molecule has 0 unspecified atom stereocenters. The molecule has 0 spiro atoms. The second kappa shape index (κ2) is 9.19. The fourth-order valence-corrected chi connectivity index (χ4v) is 3.92. The minimum absolute atomic E-state index is 0.141. The van der Waals surface area contributed by atoms with Gasteiger partial charge in [-0.1, -0.05) is 41.1 Å². The van der Waals surface area contributed by atoms with Gasteiger partial charge in [-0.05, 0) is 48.7 Å². The molecular weight excluding hydrogens is 416 g/mol. The highest BCUT2D eigenvalue weighted by atomic mass is 79.9. The second-order valence-electron chi connectivity index (χ2n) is 6.02. The van der Waals surface area contributed by atoms with Gasteiger partial charge in [0.25, 0.3) is 0 Å². The summed E-state index contributed by atoms with van der Waals surface area (Å²) in [5.74, 6) is -0.141. The largest absolute Gasteiger partial charge is 0.326 e. The number of nitrogens with one attached hydrogen (secondary N) is 1. The molecule has 0 aliphatic heterocycles. The van der Waals surface area contributed by atoms with Crippen molar-refractivity contribution in [1.82, 2.24) is 0 Å². The van der Waals surface area contributed by atoms with E-state index in [4.69, 9.17) is 0 Å². The highest BCUT2D eigenvalue weighted by Crippen LogP contribution is 2.20. The van der Waals surface area contributed by atoms with Crippen LogP contribution in [-0.4, -0.2) is 27.1 Å². The van der Waals surface area contributed by atoms with E-state index < -0.39 is 10.0 Å². The van der Waals surface area contributed by atoms with Crippen LogP contribution >= 0.6 is 15.9 Å². The van der Waals surface area contributed by atoms with Gasteiger partial charge in [-0.2, -0.15) is 0 Å². The molecule has 0 aromatic heterocycles. The number of sulfonamides is 1. The third kappa shape index (κ3) is 6.14. The molecule has 26 heavy (non-hydrogen) atoms. The second-order valence-corrected chi connectivity index (χ2v) is 8.84. The number of halogens is 1. The number of hydrogen-bond donors (Lipinski definition) is 1. The average molecular weight is 439 g/mol. The summed E-state index contributed by atoms with van der Waals surface area (Å²) in [6.07, 6.45) is 2.76. The first kappa shape index (κ1) is 20.5. The van der Waals surface area contributed by atoms with E-state index in [0.29, 0.717) is 17.8 Å². The Morgan fingerprint density at radius 3 is 2.42 bits per heavy atom. The molecule has 0 aliphatic rings. The summed E-state index contributed by atoms with van der Waals surface area (Å²) < 4.78 is 26.5. The van der Waals surface area contributed by atoms with E-state index in [1.807, 2.05) is 37.3 Å². The van der Waals surface area contributed by atoms with Crippen LogP contribution < -0.4 is 9.62 Å². The number of benzene rings is 2. The van der Waals surface area contributed by atoms with E-state index in [9.17, 15) is 13.2 Å². The van der Waals surface area contributed by atoms with Crippen LogP contribution in [0.4, 0.5) is 11.4 Å². The van der Waals surface area contributed by atoms with Gasteiger partial charge in [0, 0.05) is 23.1 Å². The molecule has 140 valence electrons. The number of rotatable bonds is 8. The Morgan fingerprint density at radius 1 is 1.15 bits per heavy atom. The monoisotopic (exact) mass is 438 g/mol. The SMILES string of the molecule is CCc1ccc(N(CCCC(=O)Nc2cccc(Br)c2)S(C)(=O)=O)cc1. The van der Waals surface area contributed by atoms with Crippen molar-refractivity contribution in [3.05, 3.63) is 58.6 Å². The Bertz CT molecular complexity index is 851. The first-order chi connectivity index (χ1) is 12.3. The van der Waals surface area contributed by atoms with Crippen LogP contribution in [-0.2, 0) is 21.2 Å². The van der Waals surface area contributed by atoms with Crippen molar-refractivity contribution >= 4 is 43.2 Å². The van der Waals surface area contributed by atoms with Crippen LogP contribution in [0, 0.1) is 0 Å². The van der Waals surface area contributed by atoms with Crippen molar-refractivity contribution in [3.63, 3.8) is 0 Å². The standard InChI is InChI=1S/C19H23BrN2O3S/c1-3-15-9-11-18(12-10-15)22(26(2,24)25)13-5-8-19(23)21-17-7-4-6-16(20)14-17/h4,6-7,9-12,14H,3,5,8,13H2,1-2H3,(H,21,23). The fourth-order valence-electron chi connectivity index (χ4n) is 2.56. The predicted octanol–water partition coefficient (Wildman–Crippen LogP) is 4.20. The van der Waals surface area contributed by atoms with Gasteiger partial charge < -0.3 is 5.32 Å². The smallest absolute Gasteiger partial charge is 0.232 e. The van der Waals surface area contributed by atoms with Crippen LogP contribution in [0.5, 0.6) is 0 Å². The molecule has 1 amide bonds. The lowest BCUT2D eigenvalue weighted by atomic mass is 10.1. The van der Waals surface area contributed by atoms with E-state index >= 15 is 0 Å². The van der Waals surface area contributed by atoms with E-state index in [-0.39, 0.29) is 18.9 Å². The van der Waals surface area contributed by atoms with Crippen LogP contribution in [0.25, 0.3) is 0 Å². The van der Waals surface area contributed by atoms with Crippen molar-refractivity contribution in [3.8, 4) is 0 Å². The molecule has 2 aromatic carbocycles. The third-order valence-electron chi connectivity index (χ3n) is 3.91. The summed E-state index contributed by atoms with van der Waals surface area (Å²) in [5, 5.41) is 2.81. The maximum Gasteiger partial charge on any atom is 0.232 e. The van der Waals surface area contributed by atoms with Crippen LogP contribution in [0.15, 0.2) is 53.0 Å². The Labute approximate surface area is 163 Å². The van der Waals surface area contributed by atoms with E-state index in [0.717, 1.165) is 16.5 Å². The molecule has 2 aromatic rings. The molecule has 0 atom stereocenters. The summed E-state index contributed by atoms with van der Waals surface area (Å²) in [6.45, 7) is 2.31. The Morgan fingerprint density at radius 2 is 1.85 bits per heavy atom. The third-order valence-corrected chi connectivity index (χ3v) is 5.59. The number of nitrogens with zero attached hydrogens (tertiary/aromatic N) is 1. The molecular formula is C19H23BrN2O3S. The van der Waals surface area contributed by atoms with Gasteiger partial charge in [0.15, 0.2) is 0 Å². The maximum atomic E-state index is 12.1.